The highest BCUT2D eigenvalue weighted by molar-refractivity contribution is 5.93. The van der Waals surface area contributed by atoms with Gasteiger partial charge in [0, 0.05) is 17.5 Å². The minimum absolute atomic E-state index is 0.278. The number of nitrogens with one attached hydrogen (secondary N) is 1. The van der Waals surface area contributed by atoms with Crippen LogP contribution < -0.4 is 20.4 Å². The van der Waals surface area contributed by atoms with Gasteiger partial charge in [-0.3, -0.25) is 4.79 Å². The maximum Gasteiger partial charge on any atom is 0.338 e. The van der Waals surface area contributed by atoms with Crippen LogP contribution in [0.3, 0.4) is 0 Å². The average Bonchev–Trinajstić information content (AvgIpc) is 2.45. The van der Waals surface area contributed by atoms with E-state index in [9.17, 15) is 9.59 Å². The molecule has 2 aromatic rings. The maximum absolute atomic E-state index is 11.6. The molecule has 1 atom stereocenters. The van der Waals surface area contributed by atoms with Crippen molar-refractivity contribution < 1.29 is 23.8 Å². The van der Waals surface area contributed by atoms with Gasteiger partial charge >= 0.3 is 11.6 Å². The molecule has 7 heteroatoms. The van der Waals surface area contributed by atoms with Crippen LogP contribution in [0.1, 0.15) is 6.92 Å². The van der Waals surface area contributed by atoms with E-state index in [-0.39, 0.29) is 5.58 Å². The van der Waals surface area contributed by atoms with Gasteiger partial charge < -0.3 is 24.3 Å². The SMILES string of the molecule is COc1cc2oc(=O)cc(N[C@@H](C)C(=O)O)c2cc1OC. The third kappa shape index (κ3) is 2.91. The molecule has 2 N–H and O–H groups in total. The summed E-state index contributed by atoms with van der Waals surface area (Å²) in [6.07, 6.45) is 0. The molecule has 7 nitrogen and oxygen atoms in total. The third-order valence-corrected chi connectivity index (χ3v) is 2.99. The monoisotopic (exact) mass is 293 g/mol. The summed E-state index contributed by atoms with van der Waals surface area (Å²) < 4.78 is 15.4. The molecule has 2 rings (SSSR count). The Labute approximate surface area is 120 Å². The van der Waals surface area contributed by atoms with E-state index in [2.05, 4.69) is 5.32 Å². The molecule has 0 fully saturated rings. The number of methoxy groups -OCH3 is 2. The molecule has 0 aliphatic rings. The number of hydrogen-bond donors (Lipinski definition) is 2. The Bertz CT molecular complexity index is 736. The number of rotatable bonds is 5. The largest absolute Gasteiger partial charge is 0.493 e. The molecule has 1 heterocycles. The Kier molecular flexibility index (Phi) is 4.02. The first-order valence-corrected chi connectivity index (χ1v) is 6.15. The Hall–Kier alpha value is -2.70. The van der Waals surface area contributed by atoms with E-state index < -0.39 is 17.6 Å². The Morgan fingerprint density at radius 2 is 1.86 bits per heavy atom. The summed E-state index contributed by atoms with van der Waals surface area (Å²) >= 11 is 0. The minimum atomic E-state index is -1.03. The predicted molar refractivity (Wildman–Crippen MR) is 76.3 cm³/mol. The van der Waals surface area contributed by atoms with Gasteiger partial charge in [0.2, 0.25) is 0 Å². The van der Waals surface area contributed by atoms with Crippen molar-refractivity contribution in [1.29, 1.82) is 0 Å². The summed E-state index contributed by atoms with van der Waals surface area (Å²) in [7, 11) is 2.95. The van der Waals surface area contributed by atoms with Crippen LogP contribution in [0, 0.1) is 0 Å². The van der Waals surface area contributed by atoms with Gasteiger partial charge in [0.1, 0.15) is 11.6 Å². The van der Waals surface area contributed by atoms with Gasteiger partial charge in [0.15, 0.2) is 11.5 Å². The van der Waals surface area contributed by atoms with Crippen molar-refractivity contribution in [3.8, 4) is 11.5 Å². The smallest absolute Gasteiger partial charge is 0.338 e. The average molecular weight is 293 g/mol. The van der Waals surface area contributed by atoms with E-state index in [1.165, 1.54) is 33.3 Å². The van der Waals surface area contributed by atoms with Gasteiger partial charge in [0.25, 0.3) is 0 Å². The second-order valence-electron chi connectivity index (χ2n) is 4.39. The molecule has 0 unspecified atom stereocenters. The van der Waals surface area contributed by atoms with Crippen LogP contribution in [0.25, 0.3) is 11.0 Å². The van der Waals surface area contributed by atoms with Crippen LogP contribution in [0.2, 0.25) is 0 Å². The molecular formula is C14H15NO6. The van der Waals surface area contributed by atoms with E-state index in [1.54, 1.807) is 6.07 Å². The number of anilines is 1. The van der Waals surface area contributed by atoms with Crippen LogP contribution in [-0.2, 0) is 4.79 Å². The zero-order valence-corrected chi connectivity index (χ0v) is 11.8. The highest BCUT2D eigenvalue weighted by Gasteiger charge is 2.16. The van der Waals surface area contributed by atoms with Crippen molar-refractivity contribution in [2.24, 2.45) is 0 Å². The van der Waals surface area contributed by atoms with Crippen LogP contribution >= 0.6 is 0 Å². The fourth-order valence-electron chi connectivity index (χ4n) is 1.90. The van der Waals surface area contributed by atoms with Crippen molar-refractivity contribution >= 4 is 22.6 Å². The minimum Gasteiger partial charge on any atom is -0.493 e. The molecule has 21 heavy (non-hydrogen) atoms. The lowest BCUT2D eigenvalue weighted by Gasteiger charge is -2.14. The number of hydrogen-bond acceptors (Lipinski definition) is 6. The molecule has 1 aromatic heterocycles. The quantitative estimate of drug-likeness (QED) is 0.809. The zero-order chi connectivity index (χ0) is 15.6. The van der Waals surface area contributed by atoms with Gasteiger partial charge in [-0.25, -0.2) is 4.79 Å². The molecule has 0 aliphatic heterocycles. The Morgan fingerprint density at radius 3 is 2.43 bits per heavy atom. The maximum atomic E-state index is 11.6. The van der Waals surface area contributed by atoms with Crippen LogP contribution in [0.15, 0.2) is 27.4 Å². The number of carboxylic acids is 1. The molecule has 0 saturated carbocycles. The molecular weight excluding hydrogens is 278 g/mol. The highest BCUT2D eigenvalue weighted by Crippen LogP contribution is 2.34. The summed E-state index contributed by atoms with van der Waals surface area (Å²) in [5.74, 6) is -0.168. The third-order valence-electron chi connectivity index (χ3n) is 2.99. The second kappa shape index (κ2) is 5.74. The second-order valence-corrected chi connectivity index (χ2v) is 4.39. The van der Waals surface area contributed by atoms with Gasteiger partial charge in [-0.15, -0.1) is 0 Å². The molecule has 1 aromatic carbocycles. The molecule has 0 radical (unpaired) electrons. The van der Waals surface area contributed by atoms with Crippen LogP contribution in [0.5, 0.6) is 11.5 Å². The lowest BCUT2D eigenvalue weighted by molar-refractivity contribution is -0.137. The number of aliphatic carboxylic acids is 1. The topological polar surface area (TPSA) is 98.0 Å². The zero-order valence-electron chi connectivity index (χ0n) is 11.8. The van der Waals surface area contributed by atoms with E-state index in [1.807, 2.05) is 0 Å². The number of carboxylic acid groups (broad SMARTS) is 1. The van der Waals surface area contributed by atoms with E-state index in [0.717, 1.165) is 0 Å². The number of fused-ring (bicyclic) bond motifs is 1. The van der Waals surface area contributed by atoms with Gasteiger partial charge in [-0.05, 0) is 13.0 Å². The molecule has 0 bridgehead atoms. The van der Waals surface area contributed by atoms with Crippen LogP contribution in [-0.4, -0.2) is 31.3 Å². The van der Waals surface area contributed by atoms with E-state index in [4.69, 9.17) is 19.0 Å². The summed E-state index contributed by atoms with van der Waals surface area (Å²) in [4.78, 5) is 22.5. The van der Waals surface area contributed by atoms with Crippen molar-refractivity contribution in [1.82, 2.24) is 0 Å². The summed E-state index contributed by atoms with van der Waals surface area (Å²) in [5, 5.41) is 12.2. The summed E-state index contributed by atoms with van der Waals surface area (Å²) in [5.41, 5.74) is 0.0483. The Morgan fingerprint density at radius 1 is 1.24 bits per heavy atom. The number of carbonyl (C=O) groups is 1. The Balaban J connectivity index is 2.64. The van der Waals surface area contributed by atoms with Crippen molar-refractivity contribution in [3.05, 3.63) is 28.6 Å². The van der Waals surface area contributed by atoms with Crippen molar-refractivity contribution in [2.45, 2.75) is 13.0 Å². The molecule has 0 saturated heterocycles. The summed E-state index contributed by atoms with van der Waals surface area (Å²) in [6, 6.07) is 3.48. The van der Waals surface area contributed by atoms with E-state index >= 15 is 0 Å². The molecule has 0 aliphatic carbocycles. The lowest BCUT2D eigenvalue weighted by atomic mass is 10.1. The highest BCUT2D eigenvalue weighted by atomic mass is 16.5. The van der Waals surface area contributed by atoms with Gasteiger partial charge in [-0.1, -0.05) is 0 Å². The number of benzene rings is 1. The number of ether oxygens (including phenoxy) is 2. The first-order chi connectivity index (χ1) is 9.96. The van der Waals surface area contributed by atoms with Crippen molar-refractivity contribution in [2.75, 3.05) is 19.5 Å². The van der Waals surface area contributed by atoms with Gasteiger partial charge in [0.05, 0.1) is 19.9 Å². The first kappa shape index (κ1) is 14.7. The lowest BCUT2D eigenvalue weighted by Crippen LogP contribution is -2.26. The molecule has 0 spiro atoms. The fourth-order valence-corrected chi connectivity index (χ4v) is 1.90. The predicted octanol–water partition coefficient (Wildman–Crippen LogP) is 1.70. The molecule has 112 valence electrons. The fraction of sp³-hybridized carbons (Fsp3) is 0.286. The van der Waals surface area contributed by atoms with Crippen molar-refractivity contribution in [3.63, 3.8) is 0 Å². The standard InChI is InChI=1S/C14H15NO6/c1-7(14(17)18)15-9-5-13(16)21-10-6-12(20-3)11(19-2)4-8(9)10/h4-7,15H,1-3H3,(H,17,18)/t7-/m0/s1. The first-order valence-electron chi connectivity index (χ1n) is 6.15. The van der Waals surface area contributed by atoms with E-state index in [0.29, 0.717) is 22.6 Å². The summed E-state index contributed by atoms with van der Waals surface area (Å²) in [6.45, 7) is 1.48. The molecule has 0 amide bonds. The normalized spacial score (nSPS) is 12.0. The van der Waals surface area contributed by atoms with Gasteiger partial charge in [-0.2, -0.15) is 0 Å². The van der Waals surface area contributed by atoms with Crippen LogP contribution in [0.4, 0.5) is 5.69 Å².